The molecule has 1 amide bonds. The molecule has 1 saturated heterocycles. The minimum absolute atomic E-state index is 0.0567. The number of rotatable bonds is 3. The van der Waals surface area contributed by atoms with Crippen molar-refractivity contribution in [1.29, 1.82) is 0 Å². The SMILES string of the molecule is CC1CCC(C(=O)NCc2sccc2C#CCO)O1. The molecule has 0 radical (unpaired) electrons. The van der Waals surface area contributed by atoms with Crippen LogP contribution in [0.1, 0.15) is 30.2 Å². The summed E-state index contributed by atoms with van der Waals surface area (Å²) in [7, 11) is 0. The minimum atomic E-state index is -0.318. The van der Waals surface area contributed by atoms with Gasteiger partial charge in [-0.3, -0.25) is 4.79 Å². The topological polar surface area (TPSA) is 58.6 Å². The van der Waals surface area contributed by atoms with Gasteiger partial charge in [-0.1, -0.05) is 11.8 Å². The first kappa shape index (κ1) is 14.1. The van der Waals surface area contributed by atoms with Crippen molar-refractivity contribution in [1.82, 2.24) is 5.32 Å². The van der Waals surface area contributed by atoms with Gasteiger partial charge in [0, 0.05) is 10.4 Å². The maximum absolute atomic E-state index is 11.9. The third kappa shape index (κ3) is 3.80. The Kier molecular flexibility index (Phi) is 4.97. The maximum Gasteiger partial charge on any atom is 0.249 e. The Labute approximate surface area is 116 Å². The third-order valence-corrected chi connectivity index (χ3v) is 3.92. The maximum atomic E-state index is 11.9. The summed E-state index contributed by atoms with van der Waals surface area (Å²) in [6.45, 7) is 2.28. The lowest BCUT2D eigenvalue weighted by atomic mass is 10.2. The Morgan fingerprint density at radius 3 is 3.16 bits per heavy atom. The van der Waals surface area contributed by atoms with Crippen LogP contribution in [0.15, 0.2) is 11.4 Å². The van der Waals surface area contributed by atoms with Crippen molar-refractivity contribution in [2.24, 2.45) is 0 Å². The predicted molar refractivity (Wildman–Crippen MR) is 73.7 cm³/mol. The van der Waals surface area contributed by atoms with Crippen molar-refractivity contribution in [3.05, 3.63) is 21.9 Å². The van der Waals surface area contributed by atoms with Crippen LogP contribution in [-0.4, -0.2) is 29.8 Å². The average molecular weight is 279 g/mol. The zero-order chi connectivity index (χ0) is 13.7. The fraction of sp³-hybridized carbons (Fsp3) is 0.500. The molecular weight excluding hydrogens is 262 g/mol. The summed E-state index contributed by atoms with van der Waals surface area (Å²) in [5.74, 6) is 5.43. The first-order valence-corrected chi connectivity index (χ1v) is 7.18. The molecule has 2 heterocycles. The van der Waals surface area contributed by atoms with Crippen molar-refractivity contribution in [2.45, 2.75) is 38.5 Å². The van der Waals surface area contributed by atoms with Gasteiger partial charge in [-0.2, -0.15) is 0 Å². The summed E-state index contributed by atoms with van der Waals surface area (Å²) in [6.07, 6.45) is 1.57. The van der Waals surface area contributed by atoms with E-state index in [1.165, 1.54) is 0 Å². The number of aliphatic hydroxyl groups excluding tert-OH is 1. The standard InChI is InChI=1S/C14H17NO3S/c1-10-4-5-12(18-10)14(17)15-9-13-11(3-2-7-16)6-8-19-13/h6,8,10,12,16H,4-5,7,9H2,1H3,(H,15,17). The van der Waals surface area contributed by atoms with E-state index in [1.807, 2.05) is 18.4 Å². The fourth-order valence-corrected chi connectivity index (χ4v) is 2.77. The fourth-order valence-electron chi connectivity index (χ4n) is 2.00. The van der Waals surface area contributed by atoms with Crippen molar-refractivity contribution >= 4 is 17.2 Å². The summed E-state index contributed by atoms with van der Waals surface area (Å²) < 4.78 is 5.52. The summed E-state index contributed by atoms with van der Waals surface area (Å²) in [6, 6.07) is 1.89. The van der Waals surface area contributed by atoms with Gasteiger partial charge in [0.1, 0.15) is 12.7 Å². The second-order valence-electron chi connectivity index (χ2n) is 4.45. The van der Waals surface area contributed by atoms with Gasteiger partial charge in [-0.05, 0) is 31.2 Å². The zero-order valence-electron chi connectivity index (χ0n) is 10.8. The Morgan fingerprint density at radius 2 is 2.47 bits per heavy atom. The molecule has 1 aromatic heterocycles. The Balaban J connectivity index is 1.88. The molecule has 19 heavy (non-hydrogen) atoms. The molecule has 0 aliphatic carbocycles. The largest absolute Gasteiger partial charge is 0.384 e. The van der Waals surface area contributed by atoms with Crippen LogP contribution in [0.25, 0.3) is 0 Å². The van der Waals surface area contributed by atoms with Crippen LogP contribution in [0, 0.1) is 11.8 Å². The molecule has 5 heteroatoms. The van der Waals surface area contributed by atoms with Gasteiger partial charge in [-0.15, -0.1) is 11.3 Å². The molecule has 4 nitrogen and oxygen atoms in total. The van der Waals surface area contributed by atoms with Crippen molar-refractivity contribution < 1.29 is 14.6 Å². The van der Waals surface area contributed by atoms with Crippen LogP contribution in [0.5, 0.6) is 0 Å². The van der Waals surface area contributed by atoms with Gasteiger partial charge in [0.15, 0.2) is 0 Å². The lowest BCUT2D eigenvalue weighted by Crippen LogP contribution is -2.34. The first-order valence-electron chi connectivity index (χ1n) is 6.30. The highest BCUT2D eigenvalue weighted by Crippen LogP contribution is 2.20. The quantitative estimate of drug-likeness (QED) is 0.819. The number of nitrogens with one attached hydrogen (secondary N) is 1. The number of thiophene rings is 1. The molecule has 1 fully saturated rings. The molecule has 2 N–H and O–H groups in total. The van der Waals surface area contributed by atoms with Crippen LogP contribution in [0.3, 0.4) is 0 Å². The molecule has 1 aromatic rings. The minimum Gasteiger partial charge on any atom is -0.384 e. The van der Waals surface area contributed by atoms with Gasteiger partial charge in [-0.25, -0.2) is 0 Å². The lowest BCUT2D eigenvalue weighted by molar-refractivity contribution is -0.131. The number of carbonyl (C=O) groups is 1. The number of carbonyl (C=O) groups excluding carboxylic acids is 1. The van der Waals surface area contributed by atoms with Gasteiger partial charge in [0.2, 0.25) is 5.91 Å². The molecule has 2 unspecified atom stereocenters. The Morgan fingerprint density at radius 1 is 1.63 bits per heavy atom. The van der Waals surface area contributed by atoms with Crippen molar-refractivity contribution in [3.8, 4) is 11.8 Å². The summed E-state index contributed by atoms with van der Waals surface area (Å²) in [5, 5.41) is 13.5. The lowest BCUT2D eigenvalue weighted by Gasteiger charge is -2.11. The number of hydrogen-bond donors (Lipinski definition) is 2. The van der Waals surface area contributed by atoms with Gasteiger partial charge < -0.3 is 15.2 Å². The van der Waals surface area contributed by atoms with Crippen LogP contribution in [-0.2, 0) is 16.1 Å². The van der Waals surface area contributed by atoms with Crippen LogP contribution in [0.4, 0.5) is 0 Å². The van der Waals surface area contributed by atoms with Gasteiger partial charge in [0.05, 0.1) is 12.6 Å². The van der Waals surface area contributed by atoms with Crippen LogP contribution >= 0.6 is 11.3 Å². The highest BCUT2D eigenvalue weighted by molar-refractivity contribution is 7.10. The molecular formula is C14H17NO3S. The van der Waals surface area contributed by atoms with E-state index < -0.39 is 0 Å². The van der Waals surface area contributed by atoms with E-state index in [1.54, 1.807) is 11.3 Å². The molecule has 0 aromatic carbocycles. The van der Waals surface area contributed by atoms with E-state index in [9.17, 15) is 4.79 Å². The van der Waals surface area contributed by atoms with E-state index >= 15 is 0 Å². The van der Waals surface area contributed by atoms with Crippen LogP contribution < -0.4 is 5.32 Å². The predicted octanol–water partition coefficient (Wildman–Crippen LogP) is 1.28. The third-order valence-electron chi connectivity index (χ3n) is 3.00. The summed E-state index contributed by atoms with van der Waals surface area (Å²) in [5.41, 5.74) is 0.861. The van der Waals surface area contributed by atoms with E-state index in [0.29, 0.717) is 6.54 Å². The summed E-state index contributed by atoms with van der Waals surface area (Å²) >= 11 is 1.55. The molecule has 1 aliphatic rings. The Hall–Kier alpha value is -1.35. The number of ether oxygens (including phenoxy) is 1. The average Bonchev–Trinajstić information content (AvgIpc) is 3.02. The number of hydrogen-bond acceptors (Lipinski definition) is 4. The highest BCUT2D eigenvalue weighted by Gasteiger charge is 2.27. The number of aliphatic hydroxyl groups is 1. The van der Waals surface area contributed by atoms with E-state index in [0.717, 1.165) is 23.3 Å². The molecule has 2 rings (SSSR count). The van der Waals surface area contributed by atoms with E-state index in [4.69, 9.17) is 9.84 Å². The molecule has 1 aliphatic heterocycles. The second kappa shape index (κ2) is 6.71. The molecule has 102 valence electrons. The van der Waals surface area contributed by atoms with Gasteiger partial charge in [0.25, 0.3) is 0 Å². The molecule has 2 atom stereocenters. The van der Waals surface area contributed by atoms with Crippen molar-refractivity contribution in [2.75, 3.05) is 6.61 Å². The molecule has 0 saturated carbocycles. The smallest absolute Gasteiger partial charge is 0.249 e. The van der Waals surface area contributed by atoms with Crippen LogP contribution in [0.2, 0.25) is 0 Å². The normalized spacial score (nSPS) is 21.8. The zero-order valence-corrected chi connectivity index (χ0v) is 11.6. The first-order chi connectivity index (χ1) is 9.20. The second-order valence-corrected chi connectivity index (χ2v) is 5.45. The highest BCUT2D eigenvalue weighted by atomic mass is 32.1. The molecule has 0 bridgehead atoms. The van der Waals surface area contributed by atoms with Gasteiger partial charge >= 0.3 is 0 Å². The van der Waals surface area contributed by atoms with E-state index in [-0.39, 0.29) is 24.7 Å². The summed E-state index contributed by atoms with van der Waals surface area (Å²) in [4.78, 5) is 12.9. The van der Waals surface area contributed by atoms with Crippen molar-refractivity contribution in [3.63, 3.8) is 0 Å². The monoisotopic (exact) mass is 279 g/mol. The number of amides is 1. The van der Waals surface area contributed by atoms with E-state index in [2.05, 4.69) is 17.2 Å². The molecule has 0 spiro atoms. The Bertz CT molecular complexity index is 500.